The van der Waals surface area contributed by atoms with Gasteiger partial charge in [0.1, 0.15) is 5.78 Å². The van der Waals surface area contributed by atoms with Crippen LogP contribution in [0.2, 0.25) is 0 Å². The third-order valence-electron chi connectivity index (χ3n) is 8.46. The average molecular weight is 335 g/mol. The van der Waals surface area contributed by atoms with Crippen LogP contribution >= 0.6 is 0 Å². The summed E-state index contributed by atoms with van der Waals surface area (Å²) in [6.45, 7) is 5.79. The fraction of sp³-hybridized carbons (Fsp3) is 0.952. The molecule has 136 valence electrons. The van der Waals surface area contributed by atoms with Crippen LogP contribution in [0.15, 0.2) is 0 Å². The molecule has 4 rings (SSSR count). The number of hydrogen-bond donors (Lipinski definition) is 0. The molecule has 6 atom stereocenters. The smallest absolute Gasteiger partial charge is 0.136 e. The Bertz CT molecular complexity index is 489. The predicted octanol–water partition coefficient (Wildman–Crippen LogP) is 4.94. The predicted molar refractivity (Wildman–Crippen MR) is 93.3 cm³/mol. The molecule has 0 spiro atoms. The van der Waals surface area contributed by atoms with Crippen LogP contribution in [-0.4, -0.2) is 19.0 Å². The van der Waals surface area contributed by atoms with Gasteiger partial charge in [0.15, 0.2) is 0 Å². The molecule has 0 aliphatic heterocycles. The lowest BCUT2D eigenvalue weighted by atomic mass is 9.45. The highest BCUT2D eigenvalue weighted by Crippen LogP contribution is 2.65. The molecule has 0 aromatic carbocycles. The monoisotopic (exact) mass is 334 g/mol. The Kier molecular flexibility index (Phi) is 4.53. The summed E-state index contributed by atoms with van der Waals surface area (Å²) < 4.78 is 0. The van der Waals surface area contributed by atoms with Gasteiger partial charge in [0.05, 0.1) is 13.2 Å². The van der Waals surface area contributed by atoms with Gasteiger partial charge in [-0.25, -0.2) is 9.78 Å². The summed E-state index contributed by atoms with van der Waals surface area (Å²) in [6.07, 6.45) is 12.4. The van der Waals surface area contributed by atoms with Crippen molar-refractivity contribution in [1.82, 2.24) is 0 Å². The third-order valence-corrected chi connectivity index (χ3v) is 8.46. The summed E-state index contributed by atoms with van der Waals surface area (Å²) in [5.74, 6) is 2.74. The zero-order valence-corrected chi connectivity index (χ0v) is 15.5. The number of hydrogen-bond acceptors (Lipinski definition) is 3. The van der Waals surface area contributed by atoms with E-state index in [9.17, 15) is 4.79 Å². The van der Waals surface area contributed by atoms with E-state index >= 15 is 0 Å². The number of fused-ring (bicyclic) bond motifs is 5. The second-order valence-electron chi connectivity index (χ2n) is 9.32. The van der Waals surface area contributed by atoms with Crippen LogP contribution in [0.1, 0.15) is 78.1 Å². The molecule has 0 amide bonds. The van der Waals surface area contributed by atoms with Gasteiger partial charge in [-0.2, -0.15) is 0 Å². The van der Waals surface area contributed by atoms with Crippen LogP contribution < -0.4 is 0 Å². The fourth-order valence-electron chi connectivity index (χ4n) is 7.25. The Balaban J connectivity index is 1.60. The van der Waals surface area contributed by atoms with E-state index in [0.29, 0.717) is 48.1 Å². The van der Waals surface area contributed by atoms with Crippen molar-refractivity contribution >= 4 is 5.78 Å². The summed E-state index contributed by atoms with van der Waals surface area (Å²) in [4.78, 5) is 24.0. The van der Waals surface area contributed by atoms with Gasteiger partial charge in [-0.3, -0.25) is 4.79 Å². The minimum absolute atomic E-state index is 0.212. The first-order chi connectivity index (χ1) is 11.6. The van der Waals surface area contributed by atoms with Gasteiger partial charge in [0, 0.05) is 17.8 Å². The first-order valence-electron chi connectivity index (χ1n) is 10.4. The molecule has 0 aromatic heterocycles. The van der Waals surface area contributed by atoms with Crippen molar-refractivity contribution in [3.8, 4) is 0 Å². The molecule has 0 bridgehead atoms. The van der Waals surface area contributed by atoms with Crippen LogP contribution in [0.5, 0.6) is 0 Å². The molecular formula is C21H34O3. The number of ketones is 1. The SMILES string of the molecule is CCOOC[C@@]12CCC[C@H]1[C@@H]1C(=O)C[C@H]3CCCC[C@]3(C)[C@H]1CC2. The van der Waals surface area contributed by atoms with Gasteiger partial charge >= 0.3 is 0 Å². The first kappa shape index (κ1) is 17.0. The highest BCUT2D eigenvalue weighted by atomic mass is 17.2. The van der Waals surface area contributed by atoms with Crippen LogP contribution in [-0.2, 0) is 14.6 Å². The minimum Gasteiger partial charge on any atom is -0.299 e. The number of carbonyl (C=O) groups excluding carboxylic acids is 1. The molecule has 3 heteroatoms. The molecular weight excluding hydrogens is 300 g/mol. The van der Waals surface area contributed by atoms with Crippen molar-refractivity contribution in [2.45, 2.75) is 78.1 Å². The molecule has 0 saturated heterocycles. The van der Waals surface area contributed by atoms with E-state index in [0.717, 1.165) is 6.42 Å². The molecule has 4 saturated carbocycles. The molecule has 4 fully saturated rings. The Morgan fingerprint density at radius 3 is 2.71 bits per heavy atom. The molecule has 4 aliphatic rings. The van der Waals surface area contributed by atoms with Crippen molar-refractivity contribution < 1.29 is 14.6 Å². The summed E-state index contributed by atoms with van der Waals surface area (Å²) in [6, 6.07) is 0. The van der Waals surface area contributed by atoms with Gasteiger partial charge < -0.3 is 0 Å². The Morgan fingerprint density at radius 1 is 1.00 bits per heavy atom. The third kappa shape index (κ3) is 2.49. The summed E-state index contributed by atoms with van der Waals surface area (Å²) in [5.41, 5.74) is 0.635. The second-order valence-corrected chi connectivity index (χ2v) is 9.32. The van der Waals surface area contributed by atoms with Crippen molar-refractivity contribution in [1.29, 1.82) is 0 Å². The fourth-order valence-corrected chi connectivity index (χ4v) is 7.25. The minimum atomic E-state index is 0.212. The standard InChI is InChI=1S/C21H34O3/c1-3-23-24-14-21-11-6-8-17(21)19-16(9-12-21)20(2)10-5-4-7-15(20)13-18(19)22/h15-17,19H,3-14H2,1-2H3/t15-,16+,17+,19-,20+,21+/m1/s1. The lowest BCUT2D eigenvalue weighted by Crippen LogP contribution is -2.56. The molecule has 0 unspecified atom stereocenters. The molecule has 0 heterocycles. The quantitative estimate of drug-likeness (QED) is 0.415. The van der Waals surface area contributed by atoms with Crippen LogP contribution in [0.3, 0.4) is 0 Å². The summed E-state index contributed by atoms with van der Waals surface area (Å²) in [5, 5.41) is 0. The van der Waals surface area contributed by atoms with Crippen molar-refractivity contribution in [2.24, 2.45) is 34.5 Å². The molecule has 0 radical (unpaired) electrons. The van der Waals surface area contributed by atoms with Crippen molar-refractivity contribution in [3.05, 3.63) is 0 Å². The Hall–Kier alpha value is -0.410. The normalized spacial score (nSPS) is 47.8. The molecule has 0 N–H and O–H groups in total. The van der Waals surface area contributed by atoms with E-state index in [2.05, 4.69) is 6.92 Å². The van der Waals surface area contributed by atoms with Gasteiger partial charge in [0.2, 0.25) is 0 Å². The van der Waals surface area contributed by atoms with Crippen LogP contribution in [0.25, 0.3) is 0 Å². The zero-order valence-electron chi connectivity index (χ0n) is 15.5. The largest absolute Gasteiger partial charge is 0.299 e. The highest BCUT2D eigenvalue weighted by Gasteiger charge is 2.61. The summed E-state index contributed by atoms with van der Waals surface area (Å²) >= 11 is 0. The number of rotatable bonds is 4. The van der Waals surface area contributed by atoms with E-state index in [-0.39, 0.29) is 5.41 Å². The Morgan fingerprint density at radius 2 is 1.88 bits per heavy atom. The maximum Gasteiger partial charge on any atom is 0.136 e. The molecule has 4 aliphatic carbocycles. The van der Waals surface area contributed by atoms with E-state index in [1.165, 1.54) is 57.8 Å². The van der Waals surface area contributed by atoms with E-state index in [1.54, 1.807) is 0 Å². The van der Waals surface area contributed by atoms with E-state index in [4.69, 9.17) is 9.78 Å². The van der Waals surface area contributed by atoms with Crippen molar-refractivity contribution in [3.63, 3.8) is 0 Å². The molecule has 24 heavy (non-hydrogen) atoms. The zero-order chi connectivity index (χ0) is 16.8. The number of carbonyl (C=O) groups is 1. The first-order valence-corrected chi connectivity index (χ1v) is 10.4. The second kappa shape index (κ2) is 6.39. The van der Waals surface area contributed by atoms with Crippen LogP contribution in [0.4, 0.5) is 0 Å². The average Bonchev–Trinajstić information content (AvgIpc) is 3.00. The van der Waals surface area contributed by atoms with Crippen LogP contribution in [0, 0.1) is 34.5 Å². The maximum atomic E-state index is 13.2. The van der Waals surface area contributed by atoms with Crippen molar-refractivity contribution in [2.75, 3.05) is 13.2 Å². The lowest BCUT2D eigenvalue weighted by Gasteiger charge is -2.59. The molecule has 3 nitrogen and oxygen atoms in total. The van der Waals surface area contributed by atoms with Gasteiger partial charge in [-0.1, -0.05) is 26.2 Å². The lowest BCUT2D eigenvalue weighted by molar-refractivity contribution is -0.314. The topological polar surface area (TPSA) is 35.5 Å². The van der Waals surface area contributed by atoms with E-state index < -0.39 is 0 Å². The van der Waals surface area contributed by atoms with Gasteiger partial charge in [0.25, 0.3) is 0 Å². The number of Topliss-reactive ketones (excluding diaryl/α,β-unsaturated/α-hetero) is 1. The Labute approximate surface area is 146 Å². The van der Waals surface area contributed by atoms with E-state index in [1.807, 2.05) is 6.92 Å². The van der Waals surface area contributed by atoms with Gasteiger partial charge in [-0.05, 0) is 68.6 Å². The van der Waals surface area contributed by atoms with Gasteiger partial charge in [-0.15, -0.1) is 0 Å². The molecule has 0 aromatic rings. The summed E-state index contributed by atoms with van der Waals surface area (Å²) in [7, 11) is 0. The maximum absolute atomic E-state index is 13.2. The highest BCUT2D eigenvalue weighted by molar-refractivity contribution is 5.83.